The molecule has 2 heterocycles. The van der Waals surface area contributed by atoms with Gasteiger partial charge in [0.2, 0.25) is 0 Å². The van der Waals surface area contributed by atoms with Gasteiger partial charge in [0.25, 0.3) is 0 Å². The van der Waals surface area contributed by atoms with Crippen LogP contribution < -0.4 is 9.47 Å². The maximum atomic E-state index is 6.18. The van der Waals surface area contributed by atoms with Crippen molar-refractivity contribution in [3.63, 3.8) is 0 Å². The van der Waals surface area contributed by atoms with Crippen LogP contribution in [0.2, 0.25) is 0 Å². The fourth-order valence-electron chi connectivity index (χ4n) is 6.62. The fraction of sp³-hybridized carbons (Fsp3) is 0.366. The first-order valence-corrected chi connectivity index (χ1v) is 17.0. The third-order valence-corrected chi connectivity index (χ3v) is 9.03. The molecule has 7 nitrogen and oxygen atoms in total. The van der Waals surface area contributed by atoms with Gasteiger partial charge in [-0.25, -0.2) is 4.98 Å². The summed E-state index contributed by atoms with van der Waals surface area (Å²) in [6.45, 7) is 12.0. The maximum Gasteiger partial charge on any atom is 0.138 e. The number of hydrogen-bond acceptors (Lipinski definition) is 6. The molecule has 0 radical (unpaired) electrons. The Kier molecular flexibility index (Phi) is 9.99. The van der Waals surface area contributed by atoms with E-state index in [2.05, 4.69) is 131 Å². The highest BCUT2D eigenvalue weighted by Gasteiger charge is 2.19. The molecule has 1 aliphatic heterocycles. The zero-order valence-corrected chi connectivity index (χ0v) is 29.8. The van der Waals surface area contributed by atoms with E-state index in [0.29, 0.717) is 6.61 Å². The summed E-state index contributed by atoms with van der Waals surface area (Å²) in [5.74, 6) is 2.84. The van der Waals surface area contributed by atoms with Crippen molar-refractivity contribution in [2.75, 3.05) is 54.5 Å². The zero-order chi connectivity index (χ0) is 33.9. The lowest BCUT2D eigenvalue weighted by molar-refractivity contribution is 0.279. The Morgan fingerprint density at radius 1 is 0.646 bits per heavy atom. The second-order valence-corrected chi connectivity index (χ2v) is 13.8. The van der Waals surface area contributed by atoms with Gasteiger partial charge in [-0.1, -0.05) is 18.2 Å². The Bertz CT molecular complexity index is 1920. The Labute approximate surface area is 285 Å². The van der Waals surface area contributed by atoms with Crippen LogP contribution in [0.15, 0.2) is 65.7 Å². The van der Waals surface area contributed by atoms with E-state index in [1.54, 1.807) is 0 Å². The van der Waals surface area contributed by atoms with Crippen LogP contribution in [0.25, 0.3) is 33.5 Å². The number of imidazole rings is 1. The number of aliphatic imine (C=N–C) groups is 1. The van der Waals surface area contributed by atoms with Gasteiger partial charge >= 0.3 is 0 Å². The van der Waals surface area contributed by atoms with Gasteiger partial charge in [-0.2, -0.15) is 0 Å². The first-order valence-electron chi connectivity index (χ1n) is 17.0. The van der Waals surface area contributed by atoms with Crippen molar-refractivity contribution in [3.8, 4) is 34.0 Å². The van der Waals surface area contributed by atoms with Crippen LogP contribution >= 0.6 is 0 Å². The van der Waals surface area contributed by atoms with Crippen molar-refractivity contribution in [2.24, 2.45) is 4.99 Å². The van der Waals surface area contributed by atoms with Crippen LogP contribution in [-0.2, 0) is 6.42 Å². The number of H-pyrrole nitrogens is 1. The number of hydrogen-bond donors (Lipinski definition) is 1. The van der Waals surface area contributed by atoms with Gasteiger partial charge in [0.15, 0.2) is 0 Å². The van der Waals surface area contributed by atoms with E-state index in [-0.39, 0.29) is 0 Å². The molecule has 0 saturated carbocycles. The third kappa shape index (κ3) is 7.48. The minimum Gasteiger partial charge on any atom is -0.493 e. The molecule has 1 N–H and O–H groups in total. The van der Waals surface area contributed by atoms with Crippen LogP contribution in [-0.4, -0.2) is 80.0 Å². The van der Waals surface area contributed by atoms with Gasteiger partial charge in [0, 0.05) is 25.1 Å². The standard InChI is InChI=1S/C41H49N5O2/c1-26-19-33(20-27(2)39(26)47-17-9-15-45(5)6)37-25-32-12-11-30(23-36(32)42-37)31-13-14-35-38(24-31)44-41(43-35)34-21-28(3)40(29(4)22-34)48-18-10-16-46(7)8/h11-14,19-24H,9-10,15-18,25H2,1-8H3,(H,43,44). The van der Waals surface area contributed by atoms with Gasteiger partial charge in [0.05, 0.1) is 35.6 Å². The van der Waals surface area contributed by atoms with E-state index in [4.69, 9.17) is 19.5 Å². The molecule has 0 aliphatic carbocycles. The number of nitrogens with one attached hydrogen (secondary N) is 1. The summed E-state index contributed by atoms with van der Waals surface area (Å²) >= 11 is 0. The van der Waals surface area contributed by atoms with Gasteiger partial charge in [-0.3, -0.25) is 4.99 Å². The van der Waals surface area contributed by atoms with Crippen molar-refractivity contribution in [3.05, 3.63) is 94.0 Å². The van der Waals surface area contributed by atoms with E-state index in [1.807, 2.05) is 0 Å². The highest BCUT2D eigenvalue weighted by Crippen LogP contribution is 2.36. The fourth-order valence-corrected chi connectivity index (χ4v) is 6.62. The van der Waals surface area contributed by atoms with E-state index in [1.165, 1.54) is 11.1 Å². The van der Waals surface area contributed by atoms with Gasteiger partial charge in [0.1, 0.15) is 17.3 Å². The van der Waals surface area contributed by atoms with Crippen LogP contribution in [0, 0.1) is 27.7 Å². The van der Waals surface area contributed by atoms with E-state index >= 15 is 0 Å². The topological polar surface area (TPSA) is 66.0 Å². The molecule has 5 aromatic rings. The molecule has 0 saturated heterocycles. The van der Waals surface area contributed by atoms with Crippen LogP contribution in [0.1, 0.15) is 46.2 Å². The Hall–Kier alpha value is -4.46. The highest BCUT2D eigenvalue weighted by atomic mass is 16.5. The summed E-state index contributed by atoms with van der Waals surface area (Å²) in [5, 5.41) is 0. The average Bonchev–Trinajstić information content (AvgIpc) is 3.67. The molecule has 0 atom stereocenters. The summed E-state index contributed by atoms with van der Waals surface area (Å²) in [6, 6.07) is 21.9. The Morgan fingerprint density at radius 3 is 1.77 bits per heavy atom. The van der Waals surface area contributed by atoms with E-state index in [0.717, 1.165) is 118 Å². The predicted octanol–water partition coefficient (Wildman–Crippen LogP) is 8.47. The first kappa shape index (κ1) is 33.4. The van der Waals surface area contributed by atoms with Crippen LogP contribution in [0.4, 0.5) is 5.69 Å². The largest absolute Gasteiger partial charge is 0.493 e. The SMILES string of the molecule is Cc1cc(C2=Nc3cc(-c4ccc5nc(-c6cc(C)c(OCCCN(C)C)c(C)c6)[nH]c5c4)ccc3C2)cc(C)c1OCCCN(C)C. The van der Waals surface area contributed by atoms with Gasteiger partial charge in [-0.05, 0) is 156 Å². The Morgan fingerprint density at radius 2 is 1.19 bits per heavy atom. The molecule has 250 valence electrons. The quantitative estimate of drug-likeness (QED) is 0.130. The maximum absolute atomic E-state index is 6.18. The molecule has 4 aromatic carbocycles. The molecule has 0 spiro atoms. The highest BCUT2D eigenvalue weighted by molar-refractivity contribution is 6.07. The number of rotatable bonds is 13. The number of benzene rings is 4. The van der Waals surface area contributed by atoms with Gasteiger partial charge < -0.3 is 24.3 Å². The van der Waals surface area contributed by atoms with E-state index in [9.17, 15) is 0 Å². The minimum atomic E-state index is 0.710. The molecule has 48 heavy (non-hydrogen) atoms. The predicted molar refractivity (Wildman–Crippen MR) is 200 cm³/mol. The molecule has 7 heteroatoms. The molecule has 0 fully saturated rings. The van der Waals surface area contributed by atoms with Crippen molar-refractivity contribution in [2.45, 2.75) is 47.0 Å². The van der Waals surface area contributed by atoms with Crippen molar-refractivity contribution in [1.82, 2.24) is 19.8 Å². The van der Waals surface area contributed by atoms with Crippen molar-refractivity contribution < 1.29 is 9.47 Å². The Balaban J connectivity index is 1.18. The van der Waals surface area contributed by atoms with Crippen molar-refractivity contribution >= 4 is 22.4 Å². The number of aromatic amines is 1. The minimum absolute atomic E-state index is 0.710. The molecule has 0 amide bonds. The average molecular weight is 644 g/mol. The number of fused-ring (bicyclic) bond motifs is 2. The number of nitrogens with zero attached hydrogens (tertiary/aromatic N) is 4. The summed E-state index contributed by atoms with van der Waals surface area (Å²) in [5.41, 5.74) is 14.5. The molecule has 0 bridgehead atoms. The second kappa shape index (κ2) is 14.3. The smallest absolute Gasteiger partial charge is 0.138 e. The summed E-state index contributed by atoms with van der Waals surface area (Å²) in [7, 11) is 8.36. The third-order valence-electron chi connectivity index (χ3n) is 9.03. The van der Waals surface area contributed by atoms with E-state index < -0.39 is 0 Å². The molecule has 1 aromatic heterocycles. The molecule has 0 unspecified atom stereocenters. The summed E-state index contributed by atoms with van der Waals surface area (Å²) in [4.78, 5) is 18.0. The lowest BCUT2D eigenvalue weighted by Gasteiger charge is -2.15. The van der Waals surface area contributed by atoms with Crippen LogP contribution in [0.3, 0.4) is 0 Å². The molecular weight excluding hydrogens is 594 g/mol. The number of aryl methyl sites for hydroxylation is 4. The summed E-state index contributed by atoms with van der Waals surface area (Å²) in [6.07, 6.45) is 2.84. The molecule has 1 aliphatic rings. The van der Waals surface area contributed by atoms with Gasteiger partial charge in [-0.15, -0.1) is 0 Å². The lowest BCUT2D eigenvalue weighted by atomic mass is 9.98. The first-order chi connectivity index (χ1) is 23.0. The van der Waals surface area contributed by atoms with Crippen molar-refractivity contribution in [1.29, 1.82) is 0 Å². The lowest BCUT2D eigenvalue weighted by Crippen LogP contribution is -2.16. The number of aromatic nitrogens is 2. The zero-order valence-electron chi connectivity index (χ0n) is 29.8. The second-order valence-electron chi connectivity index (χ2n) is 13.8. The normalized spacial score (nSPS) is 12.7. The van der Waals surface area contributed by atoms with Crippen LogP contribution in [0.5, 0.6) is 11.5 Å². The summed E-state index contributed by atoms with van der Waals surface area (Å²) < 4.78 is 12.3. The monoisotopic (exact) mass is 643 g/mol. The molecular formula is C41H49N5O2. The molecule has 6 rings (SSSR count). The number of ether oxygens (including phenoxy) is 2.